The van der Waals surface area contributed by atoms with Gasteiger partial charge in [0.05, 0.1) is 6.61 Å². The van der Waals surface area contributed by atoms with Crippen LogP contribution in [0.4, 0.5) is 0 Å². The van der Waals surface area contributed by atoms with Gasteiger partial charge in [0.2, 0.25) is 0 Å². The Bertz CT molecular complexity index is 525. The van der Waals surface area contributed by atoms with Crippen molar-refractivity contribution in [2.45, 2.75) is 4.90 Å². The second kappa shape index (κ2) is 4.20. The van der Waals surface area contributed by atoms with Gasteiger partial charge in [0.1, 0.15) is 4.90 Å². The molecule has 0 fully saturated rings. The Balaban J connectivity index is 2.29. The lowest BCUT2D eigenvalue weighted by atomic mass is 10.2. The van der Waals surface area contributed by atoms with Crippen LogP contribution < -0.4 is 10.9 Å². The van der Waals surface area contributed by atoms with Gasteiger partial charge in [-0.3, -0.25) is 0 Å². The fourth-order valence-corrected chi connectivity index (χ4v) is 2.57. The Morgan fingerprint density at radius 3 is 2.81 bits per heavy atom. The molecule has 1 aromatic rings. The second-order valence-electron chi connectivity index (χ2n) is 3.19. The van der Waals surface area contributed by atoms with Crippen LogP contribution >= 0.6 is 0 Å². The molecule has 2 rings (SSSR count). The molecule has 1 aliphatic heterocycles. The van der Waals surface area contributed by atoms with Gasteiger partial charge < -0.3 is 10.5 Å². The highest BCUT2D eigenvalue weighted by molar-refractivity contribution is 7.90. The lowest BCUT2D eigenvalue weighted by Crippen LogP contribution is -2.38. The zero-order valence-corrected chi connectivity index (χ0v) is 9.16. The molecule has 1 heterocycles. The number of nitrogens with zero attached hydrogens (tertiary/aromatic N) is 1. The van der Waals surface area contributed by atoms with Crippen molar-refractivity contribution < 1.29 is 13.5 Å². The minimum atomic E-state index is -3.57. The number of sulfonamides is 1. The molecule has 0 amide bonds. The first-order valence-electron chi connectivity index (χ1n) is 4.69. The largest absolute Gasteiger partial charge is 0.395 e. The predicted octanol–water partition coefficient (Wildman–Crippen LogP) is -0.778. The molecule has 6 nitrogen and oxygen atoms in total. The summed E-state index contributed by atoms with van der Waals surface area (Å²) in [5.41, 5.74) is 5.85. The lowest BCUT2D eigenvalue weighted by Gasteiger charge is -2.06. The third-order valence-corrected chi connectivity index (χ3v) is 3.41. The van der Waals surface area contributed by atoms with E-state index in [-0.39, 0.29) is 17.3 Å². The first kappa shape index (κ1) is 11.1. The summed E-state index contributed by atoms with van der Waals surface area (Å²) in [4.78, 5) is 0.197. The number of fused-ring (bicyclic) bond motifs is 1. The average molecular weight is 241 g/mol. The molecule has 0 radical (unpaired) electrons. The van der Waals surface area contributed by atoms with E-state index in [1.165, 1.54) is 6.07 Å². The van der Waals surface area contributed by atoms with Crippen LogP contribution in [0.5, 0.6) is 0 Å². The van der Waals surface area contributed by atoms with Crippen LogP contribution in [-0.2, 0) is 10.0 Å². The number of amidine groups is 1. The van der Waals surface area contributed by atoms with Gasteiger partial charge >= 0.3 is 0 Å². The number of aliphatic hydroxyl groups excluding tert-OH is 1. The number of nitrogens with one attached hydrogen (secondary N) is 2. The van der Waals surface area contributed by atoms with E-state index >= 15 is 0 Å². The van der Waals surface area contributed by atoms with E-state index in [1.54, 1.807) is 18.2 Å². The van der Waals surface area contributed by atoms with Crippen molar-refractivity contribution in [2.75, 3.05) is 13.2 Å². The van der Waals surface area contributed by atoms with Gasteiger partial charge in [-0.1, -0.05) is 12.1 Å². The van der Waals surface area contributed by atoms with Crippen molar-refractivity contribution in [2.24, 2.45) is 4.40 Å². The highest BCUT2D eigenvalue weighted by atomic mass is 32.2. The maximum Gasteiger partial charge on any atom is 0.285 e. The Hall–Kier alpha value is -1.44. The number of hydrogen-bond acceptors (Lipinski definition) is 5. The molecule has 0 atom stereocenters. The summed E-state index contributed by atoms with van der Waals surface area (Å²) in [7, 11) is -3.57. The molecule has 0 aliphatic carbocycles. The van der Waals surface area contributed by atoms with Crippen LogP contribution in [0.1, 0.15) is 5.56 Å². The smallest absolute Gasteiger partial charge is 0.285 e. The molecule has 86 valence electrons. The number of hydrogen-bond donors (Lipinski definition) is 3. The molecule has 1 aromatic carbocycles. The summed E-state index contributed by atoms with van der Waals surface area (Å²) in [6, 6.07) is 6.57. The fourth-order valence-electron chi connectivity index (χ4n) is 1.40. The first-order chi connectivity index (χ1) is 7.65. The minimum Gasteiger partial charge on any atom is -0.395 e. The summed E-state index contributed by atoms with van der Waals surface area (Å²) >= 11 is 0. The second-order valence-corrected chi connectivity index (χ2v) is 4.76. The zero-order chi connectivity index (χ0) is 11.6. The molecule has 0 saturated carbocycles. The van der Waals surface area contributed by atoms with Crippen molar-refractivity contribution in [1.29, 1.82) is 0 Å². The van der Waals surface area contributed by atoms with Gasteiger partial charge in [-0.25, -0.2) is 5.43 Å². The summed E-state index contributed by atoms with van der Waals surface area (Å²) < 4.78 is 26.8. The SMILES string of the molecule is O=S1(=O)N=C(NNCCO)c2ccccc21. The normalized spacial score (nSPS) is 16.7. The van der Waals surface area contributed by atoms with E-state index in [0.717, 1.165) is 0 Å². The van der Waals surface area contributed by atoms with E-state index < -0.39 is 10.0 Å². The third-order valence-electron chi connectivity index (χ3n) is 2.08. The van der Waals surface area contributed by atoms with E-state index in [4.69, 9.17) is 5.11 Å². The van der Waals surface area contributed by atoms with Gasteiger partial charge in [-0.05, 0) is 12.1 Å². The molecule has 7 heteroatoms. The topological polar surface area (TPSA) is 90.8 Å². The molecule has 3 N–H and O–H groups in total. The van der Waals surface area contributed by atoms with Crippen molar-refractivity contribution >= 4 is 15.9 Å². The van der Waals surface area contributed by atoms with Crippen LogP contribution in [0, 0.1) is 0 Å². The quantitative estimate of drug-likeness (QED) is 0.477. The van der Waals surface area contributed by atoms with E-state index in [1.807, 2.05) is 0 Å². The lowest BCUT2D eigenvalue weighted by molar-refractivity contribution is 0.289. The summed E-state index contributed by atoms with van der Waals surface area (Å²) in [6.07, 6.45) is 0. The highest BCUT2D eigenvalue weighted by Gasteiger charge is 2.27. The Labute approximate surface area is 93.0 Å². The molecule has 1 aliphatic rings. The van der Waals surface area contributed by atoms with Crippen LogP contribution in [0.15, 0.2) is 33.6 Å². The fraction of sp³-hybridized carbons (Fsp3) is 0.222. The average Bonchev–Trinajstić information content (AvgIpc) is 2.52. The van der Waals surface area contributed by atoms with Gasteiger partial charge in [0.15, 0.2) is 5.84 Å². The summed E-state index contributed by atoms with van der Waals surface area (Å²) in [6.45, 7) is 0.260. The van der Waals surface area contributed by atoms with E-state index in [9.17, 15) is 8.42 Å². The van der Waals surface area contributed by atoms with Crippen LogP contribution in [0.2, 0.25) is 0 Å². The van der Waals surface area contributed by atoms with Crippen molar-refractivity contribution in [3.05, 3.63) is 29.8 Å². The molecule has 0 aromatic heterocycles. The van der Waals surface area contributed by atoms with Crippen molar-refractivity contribution in [3.8, 4) is 0 Å². The molecular formula is C9H11N3O3S. The number of aliphatic hydroxyl groups is 1. The van der Waals surface area contributed by atoms with Gasteiger partial charge in [-0.2, -0.15) is 8.42 Å². The standard InChI is InChI=1S/C9H11N3O3S/c13-6-5-10-11-9-7-3-1-2-4-8(7)16(14,15)12-9/h1-4,10,13H,5-6H2,(H,11,12). The molecular weight excluding hydrogens is 230 g/mol. The monoisotopic (exact) mass is 241 g/mol. The molecule has 0 unspecified atom stereocenters. The summed E-state index contributed by atoms with van der Waals surface area (Å²) in [5.74, 6) is 0.254. The zero-order valence-electron chi connectivity index (χ0n) is 8.34. The van der Waals surface area contributed by atoms with E-state index in [0.29, 0.717) is 12.1 Å². The van der Waals surface area contributed by atoms with Gasteiger partial charge in [0.25, 0.3) is 10.0 Å². The van der Waals surface area contributed by atoms with Crippen LogP contribution in [-0.4, -0.2) is 32.5 Å². The minimum absolute atomic E-state index is 0.0469. The van der Waals surface area contributed by atoms with Crippen LogP contribution in [0.25, 0.3) is 0 Å². The highest BCUT2D eigenvalue weighted by Crippen LogP contribution is 2.24. The summed E-state index contributed by atoms with van der Waals surface area (Å²) in [5, 5.41) is 8.58. The molecule has 0 spiro atoms. The predicted molar refractivity (Wildman–Crippen MR) is 58.4 cm³/mol. The van der Waals surface area contributed by atoms with E-state index in [2.05, 4.69) is 15.2 Å². The Kier molecular flexibility index (Phi) is 2.90. The first-order valence-corrected chi connectivity index (χ1v) is 6.13. The molecule has 0 saturated heterocycles. The maximum absolute atomic E-state index is 11.6. The van der Waals surface area contributed by atoms with Gasteiger partial charge in [-0.15, -0.1) is 4.40 Å². The molecule has 16 heavy (non-hydrogen) atoms. The molecule has 0 bridgehead atoms. The number of rotatable bonds is 3. The Morgan fingerprint density at radius 2 is 2.06 bits per heavy atom. The van der Waals surface area contributed by atoms with Crippen LogP contribution in [0.3, 0.4) is 0 Å². The van der Waals surface area contributed by atoms with Crippen molar-refractivity contribution in [1.82, 2.24) is 10.9 Å². The van der Waals surface area contributed by atoms with Gasteiger partial charge in [0, 0.05) is 12.1 Å². The van der Waals surface area contributed by atoms with Crippen molar-refractivity contribution in [3.63, 3.8) is 0 Å². The Morgan fingerprint density at radius 1 is 1.31 bits per heavy atom. The third kappa shape index (κ3) is 1.92. The number of benzene rings is 1. The number of hydrazine groups is 1. The maximum atomic E-state index is 11.6.